The Morgan fingerprint density at radius 2 is 2.44 bits per heavy atom. The number of nitrogens with zero attached hydrogens (tertiary/aromatic N) is 3. The molecule has 1 aromatic heterocycles. The molecule has 1 aliphatic rings. The maximum absolute atomic E-state index is 10.9. The van der Waals surface area contributed by atoms with Crippen LogP contribution in [0.25, 0.3) is 0 Å². The molecule has 6 heteroatoms. The molecule has 0 spiro atoms. The summed E-state index contributed by atoms with van der Waals surface area (Å²) in [4.78, 5) is 21.3. The van der Waals surface area contributed by atoms with Gasteiger partial charge in [0.1, 0.15) is 0 Å². The molecule has 6 nitrogen and oxygen atoms in total. The van der Waals surface area contributed by atoms with Gasteiger partial charge < -0.3 is 14.7 Å². The van der Waals surface area contributed by atoms with Crippen molar-refractivity contribution in [2.45, 2.75) is 31.7 Å². The molecule has 1 aromatic rings. The highest BCUT2D eigenvalue weighted by molar-refractivity contribution is 5.68. The highest BCUT2D eigenvalue weighted by atomic mass is 16.5. The minimum absolute atomic E-state index is 0.0247. The Morgan fingerprint density at radius 3 is 3.17 bits per heavy atom. The predicted octanol–water partition coefficient (Wildman–Crippen LogP) is 1.32. The quantitative estimate of drug-likeness (QED) is 0.869. The molecule has 0 aromatic carbocycles. The zero-order chi connectivity index (χ0) is 13.0. The highest BCUT2D eigenvalue weighted by Crippen LogP contribution is 2.24. The Labute approximate surface area is 106 Å². The van der Waals surface area contributed by atoms with Crippen molar-refractivity contribution in [2.24, 2.45) is 0 Å². The molecule has 1 aliphatic heterocycles. The lowest BCUT2D eigenvalue weighted by Crippen LogP contribution is -2.41. The second-order valence-electron chi connectivity index (χ2n) is 4.34. The first-order chi connectivity index (χ1) is 8.70. The van der Waals surface area contributed by atoms with Gasteiger partial charge in [-0.05, 0) is 19.3 Å². The Morgan fingerprint density at radius 1 is 1.61 bits per heavy atom. The molecule has 0 aliphatic carbocycles. The molecule has 1 fully saturated rings. The molecule has 18 heavy (non-hydrogen) atoms. The standard InChI is InChI=1S/C12H17N3O3/c1-18-10-5-6-13-12(14-10)15-7-3-2-4-9(15)8-11(16)17/h5-6,9H,2-4,7-8H2,1H3,(H,16,17). The Bertz CT molecular complexity index is 425. The number of piperidine rings is 1. The molecule has 0 bridgehead atoms. The van der Waals surface area contributed by atoms with Crippen molar-refractivity contribution >= 4 is 11.9 Å². The van der Waals surface area contributed by atoms with Crippen molar-refractivity contribution in [1.82, 2.24) is 9.97 Å². The minimum Gasteiger partial charge on any atom is -0.481 e. The average Bonchev–Trinajstić information content (AvgIpc) is 2.39. The number of carboxylic acid groups (broad SMARTS) is 1. The average molecular weight is 251 g/mol. The van der Waals surface area contributed by atoms with Crippen molar-refractivity contribution in [1.29, 1.82) is 0 Å². The molecule has 2 heterocycles. The summed E-state index contributed by atoms with van der Waals surface area (Å²) in [5, 5.41) is 8.94. The smallest absolute Gasteiger partial charge is 0.305 e. The fourth-order valence-electron chi connectivity index (χ4n) is 2.26. The van der Waals surface area contributed by atoms with Crippen LogP contribution in [-0.4, -0.2) is 40.7 Å². The van der Waals surface area contributed by atoms with Crippen LogP contribution in [0.15, 0.2) is 12.3 Å². The topological polar surface area (TPSA) is 75.5 Å². The van der Waals surface area contributed by atoms with Gasteiger partial charge in [0.2, 0.25) is 11.8 Å². The zero-order valence-corrected chi connectivity index (χ0v) is 10.4. The number of carboxylic acids is 1. The number of methoxy groups -OCH3 is 1. The van der Waals surface area contributed by atoms with E-state index < -0.39 is 5.97 Å². The predicted molar refractivity (Wildman–Crippen MR) is 65.8 cm³/mol. The molecular formula is C12H17N3O3. The minimum atomic E-state index is -0.783. The monoisotopic (exact) mass is 251 g/mol. The summed E-state index contributed by atoms with van der Waals surface area (Å²) in [7, 11) is 1.55. The Balaban J connectivity index is 2.19. The van der Waals surface area contributed by atoms with Crippen LogP contribution in [0, 0.1) is 0 Å². The Kier molecular flexibility index (Phi) is 3.96. The van der Waals surface area contributed by atoms with Crippen LogP contribution in [0.1, 0.15) is 25.7 Å². The molecule has 0 saturated carbocycles. The molecule has 1 atom stereocenters. The zero-order valence-electron chi connectivity index (χ0n) is 10.4. The normalized spacial score (nSPS) is 19.6. The van der Waals surface area contributed by atoms with Crippen LogP contribution in [0.3, 0.4) is 0 Å². The molecule has 1 N–H and O–H groups in total. The summed E-state index contributed by atoms with van der Waals surface area (Å²) >= 11 is 0. The summed E-state index contributed by atoms with van der Waals surface area (Å²) < 4.78 is 5.07. The molecule has 98 valence electrons. The second kappa shape index (κ2) is 5.66. The van der Waals surface area contributed by atoms with Crippen LogP contribution in [0.5, 0.6) is 5.88 Å². The second-order valence-corrected chi connectivity index (χ2v) is 4.34. The first-order valence-electron chi connectivity index (χ1n) is 6.06. The third kappa shape index (κ3) is 2.88. The van der Waals surface area contributed by atoms with Gasteiger partial charge in [-0.25, -0.2) is 4.98 Å². The van der Waals surface area contributed by atoms with E-state index in [2.05, 4.69) is 9.97 Å². The lowest BCUT2D eigenvalue weighted by atomic mass is 10.00. The number of anilines is 1. The van der Waals surface area contributed by atoms with Gasteiger partial charge in [-0.1, -0.05) is 0 Å². The summed E-state index contributed by atoms with van der Waals surface area (Å²) in [6.07, 6.45) is 4.72. The lowest BCUT2D eigenvalue weighted by Gasteiger charge is -2.34. The molecule has 0 radical (unpaired) electrons. The number of carbonyl (C=O) groups is 1. The number of aromatic nitrogens is 2. The van der Waals surface area contributed by atoms with E-state index in [1.807, 2.05) is 4.90 Å². The van der Waals surface area contributed by atoms with Crippen LogP contribution in [0.2, 0.25) is 0 Å². The van der Waals surface area contributed by atoms with Crippen LogP contribution >= 0.6 is 0 Å². The summed E-state index contributed by atoms with van der Waals surface area (Å²) in [6, 6.07) is 1.66. The first-order valence-corrected chi connectivity index (χ1v) is 6.06. The fourth-order valence-corrected chi connectivity index (χ4v) is 2.26. The van der Waals surface area contributed by atoms with Gasteiger partial charge in [-0.2, -0.15) is 4.98 Å². The van der Waals surface area contributed by atoms with Crippen molar-refractivity contribution in [2.75, 3.05) is 18.6 Å². The van der Waals surface area contributed by atoms with Crippen molar-refractivity contribution in [3.63, 3.8) is 0 Å². The summed E-state index contributed by atoms with van der Waals surface area (Å²) in [5.41, 5.74) is 0. The fraction of sp³-hybridized carbons (Fsp3) is 0.583. The number of hydrogen-bond acceptors (Lipinski definition) is 5. The molecule has 1 unspecified atom stereocenters. The van der Waals surface area contributed by atoms with E-state index in [1.54, 1.807) is 19.4 Å². The maximum atomic E-state index is 10.9. The van der Waals surface area contributed by atoms with E-state index in [4.69, 9.17) is 9.84 Å². The van der Waals surface area contributed by atoms with Gasteiger partial charge in [-0.15, -0.1) is 0 Å². The van der Waals surface area contributed by atoms with E-state index >= 15 is 0 Å². The van der Waals surface area contributed by atoms with E-state index in [-0.39, 0.29) is 12.5 Å². The third-order valence-corrected chi connectivity index (χ3v) is 3.12. The van der Waals surface area contributed by atoms with Crippen LogP contribution in [-0.2, 0) is 4.79 Å². The number of aliphatic carboxylic acids is 1. The SMILES string of the molecule is COc1ccnc(N2CCCCC2CC(=O)O)n1. The largest absolute Gasteiger partial charge is 0.481 e. The van der Waals surface area contributed by atoms with Crippen LogP contribution in [0.4, 0.5) is 5.95 Å². The van der Waals surface area contributed by atoms with Gasteiger partial charge in [0.15, 0.2) is 0 Å². The van der Waals surface area contributed by atoms with E-state index in [0.717, 1.165) is 25.8 Å². The van der Waals surface area contributed by atoms with E-state index in [0.29, 0.717) is 11.8 Å². The highest BCUT2D eigenvalue weighted by Gasteiger charge is 2.26. The van der Waals surface area contributed by atoms with E-state index in [9.17, 15) is 4.79 Å². The lowest BCUT2D eigenvalue weighted by molar-refractivity contribution is -0.137. The van der Waals surface area contributed by atoms with Gasteiger partial charge in [-0.3, -0.25) is 4.79 Å². The van der Waals surface area contributed by atoms with Crippen molar-refractivity contribution in [3.8, 4) is 5.88 Å². The van der Waals surface area contributed by atoms with Gasteiger partial charge in [0.05, 0.1) is 13.5 Å². The van der Waals surface area contributed by atoms with E-state index in [1.165, 1.54) is 0 Å². The number of hydrogen-bond donors (Lipinski definition) is 1. The molecule has 0 amide bonds. The molecule has 1 saturated heterocycles. The summed E-state index contributed by atoms with van der Waals surface area (Å²) in [5.74, 6) is 0.273. The number of ether oxygens (including phenoxy) is 1. The van der Waals surface area contributed by atoms with Crippen molar-refractivity contribution < 1.29 is 14.6 Å². The van der Waals surface area contributed by atoms with Crippen LogP contribution < -0.4 is 9.64 Å². The van der Waals surface area contributed by atoms with Gasteiger partial charge in [0, 0.05) is 24.8 Å². The van der Waals surface area contributed by atoms with Crippen molar-refractivity contribution in [3.05, 3.63) is 12.3 Å². The Hall–Kier alpha value is -1.85. The molecular weight excluding hydrogens is 234 g/mol. The third-order valence-electron chi connectivity index (χ3n) is 3.12. The number of rotatable bonds is 4. The first kappa shape index (κ1) is 12.6. The maximum Gasteiger partial charge on any atom is 0.305 e. The summed E-state index contributed by atoms with van der Waals surface area (Å²) in [6.45, 7) is 0.797. The molecule has 2 rings (SSSR count). The van der Waals surface area contributed by atoms with Gasteiger partial charge in [0.25, 0.3) is 0 Å². The van der Waals surface area contributed by atoms with Gasteiger partial charge >= 0.3 is 5.97 Å².